The molecule has 0 N–H and O–H groups in total. The molecule has 0 amide bonds. The van der Waals surface area contributed by atoms with Crippen molar-refractivity contribution in [3.05, 3.63) is 51.6 Å². The molecule has 3 rings (SSSR count). The zero-order valence-electron chi connectivity index (χ0n) is 10.8. The molecule has 0 atom stereocenters. The van der Waals surface area contributed by atoms with Crippen molar-refractivity contribution >= 4 is 38.4 Å². The summed E-state index contributed by atoms with van der Waals surface area (Å²) < 4.78 is 17.7. The van der Waals surface area contributed by atoms with Crippen LogP contribution in [0.15, 0.2) is 35.2 Å². The van der Waals surface area contributed by atoms with Crippen LogP contribution in [0, 0.1) is 17.1 Å². The van der Waals surface area contributed by atoms with E-state index in [2.05, 4.69) is 27.1 Å². The van der Waals surface area contributed by atoms with E-state index < -0.39 is 5.82 Å². The summed E-state index contributed by atoms with van der Waals surface area (Å²) in [5, 5.41) is 14.4. The van der Waals surface area contributed by atoms with E-state index in [1.54, 1.807) is 36.1 Å². The molecule has 0 aliphatic heterocycles. The van der Waals surface area contributed by atoms with E-state index >= 15 is 0 Å². The average molecular weight is 367 g/mol. The molecule has 0 aliphatic rings. The number of rotatable bonds is 1. The molecular weight excluding hydrogens is 359 g/mol. The first-order valence-corrected chi connectivity index (χ1v) is 7.10. The maximum Gasteiger partial charge on any atom is 0.214 e. The number of nitriles is 1. The van der Waals surface area contributed by atoms with Gasteiger partial charge in [0.15, 0.2) is 6.20 Å². The first kappa shape index (κ1) is 14.0. The van der Waals surface area contributed by atoms with Crippen molar-refractivity contribution in [2.24, 2.45) is 7.05 Å². The number of fused-ring (bicyclic) bond motifs is 1. The maximum absolute atomic E-state index is 13.9. The molecule has 2 heterocycles. The Hall–Kier alpha value is -1.97. The van der Waals surface area contributed by atoms with Gasteiger partial charge in [-0.3, -0.25) is 0 Å². The van der Waals surface area contributed by atoms with Crippen LogP contribution in [0.4, 0.5) is 4.39 Å². The molecule has 7 heteroatoms. The Labute approximate surface area is 133 Å². The summed E-state index contributed by atoms with van der Waals surface area (Å²) in [7, 11) is 1.73. The van der Waals surface area contributed by atoms with Crippen molar-refractivity contribution < 1.29 is 8.96 Å². The predicted molar refractivity (Wildman–Crippen MR) is 79.6 cm³/mol. The van der Waals surface area contributed by atoms with E-state index in [1.807, 2.05) is 0 Å². The van der Waals surface area contributed by atoms with Crippen LogP contribution in [0.3, 0.4) is 0 Å². The number of hydrogen-bond acceptors (Lipinski definition) is 2. The van der Waals surface area contributed by atoms with Crippen LogP contribution in [0.2, 0.25) is 5.02 Å². The van der Waals surface area contributed by atoms with Crippen LogP contribution < -0.4 is 4.57 Å². The monoisotopic (exact) mass is 365 g/mol. The molecule has 0 saturated heterocycles. The predicted octanol–water partition coefficient (Wildman–Crippen LogP) is 3.28. The molecule has 0 saturated carbocycles. The smallest absolute Gasteiger partial charge is 0.214 e. The first-order chi connectivity index (χ1) is 9.99. The van der Waals surface area contributed by atoms with E-state index in [-0.39, 0.29) is 5.52 Å². The Balaban J connectivity index is 2.32. The van der Waals surface area contributed by atoms with Crippen molar-refractivity contribution in [1.29, 1.82) is 5.26 Å². The number of halogens is 3. The van der Waals surface area contributed by atoms with Crippen molar-refractivity contribution in [3.8, 4) is 11.8 Å². The van der Waals surface area contributed by atoms with Crippen LogP contribution in [-0.2, 0) is 7.05 Å². The number of pyridine rings is 1. The van der Waals surface area contributed by atoms with Gasteiger partial charge in [0.05, 0.1) is 16.0 Å². The molecule has 0 unspecified atom stereocenters. The van der Waals surface area contributed by atoms with Crippen LogP contribution in [0.25, 0.3) is 16.6 Å². The largest absolute Gasteiger partial charge is 0.237 e. The van der Waals surface area contributed by atoms with Crippen molar-refractivity contribution in [3.63, 3.8) is 0 Å². The van der Waals surface area contributed by atoms with Gasteiger partial charge in [-0.1, -0.05) is 27.5 Å². The van der Waals surface area contributed by atoms with Crippen molar-refractivity contribution in [2.45, 2.75) is 0 Å². The second-order valence-corrected chi connectivity index (χ2v) is 5.87. The minimum Gasteiger partial charge on any atom is -0.237 e. The molecule has 0 bridgehead atoms. The van der Waals surface area contributed by atoms with E-state index in [4.69, 9.17) is 11.6 Å². The van der Waals surface area contributed by atoms with Gasteiger partial charge in [0.25, 0.3) is 0 Å². The van der Waals surface area contributed by atoms with Crippen LogP contribution >= 0.6 is 27.5 Å². The molecule has 0 fully saturated rings. The minimum atomic E-state index is -0.430. The molecule has 104 valence electrons. The molecule has 0 aliphatic carbocycles. The molecular formula is C14H8BrClFN4+. The molecule has 0 radical (unpaired) electrons. The summed E-state index contributed by atoms with van der Waals surface area (Å²) in [4.78, 5) is 0. The second-order valence-electron chi connectivity index (χ2n) is 4.54. The molecule has 3 aromatic rings. The molecule has 4 nitrogen and oxygen atoms in total. The number of aryl methyl sites for hydroxylation is 1. The summed E-state index contributed by atoms with van der Waals surface area (Å²) in [6.45, 7) is 0. The van der Waals surface area contributed by atoms with Gasteiger partial charge in [-0.2, -0.15) is 14.8 Å². The quantitative estimate of drug-likeness (QED) is 0.621. The van der Waals surface area contributed by atoms with Gasteiger partial charge in [0.1, 0.15) is 24.3 Å². The SMILES string of the molecule is C[n+]1cc(F)c2nn(-c3c(Cl)cc(Br)cc3C#N)cc2c1. The Morgan fingerprint density at radius 2 is 2.19 bits per heavy atom. The summed E-state index contributed by atoms with van der Waals surface area (Å²) in [6.07, 6.45) is 4.74. The fourth-order valence-electron chi connectivity index (χ4n) is 2.16. The van der Waals surface area contributed by atoms with Crippen LogP contribution in [0.1, 0.15) is 5.56 Å². The molecule has 2 aromatic heterocycles. The lowest BCUT2D eigenvalue weighted by Crippen LogP contribution is -2.27. The summed E-state index contributed by atoms with van der Waals surface area (Å²) in [6, 6.07) is 5.38. The van der Waals surface area contributed by atoms with E-state index in [1.165, 1.54) is 10.9 Å². The fraction of sp³-hybridized carbons (Fsp3) is 0.0714. The Kier molecular flexibility index (Phi) is 3.40. The summed E-state index contributed by atoms with van der Waals surface area (Å²) in [5.41, 5.74) is 1.02. The van der Waals surface area contributed by atoms with Gasteiger partial charge in [-0.05, 0) is 12.1 Å². The van der Waals surface area contributed by atoms with Gasteiger partial charge >= 0.3 is 0 Å². The van der Waals surface area contributed by atoms with Gasteiger partial charge in [-0.25, -0.2) is 9.25 Å². The Bertz CT molecular complexity index is 913. The standard InChI is InChI=1S/C14H8BrClFN4/c1-20-5-9-6-21(19-13(9)12(17)7-20)14-8(4-18)2-10(15)3-11(14)16/h2-3,5-7H,1H3/q+1. The third kappa shape index (κ3) is 2.39. The number of hydrogen-bond donors (Lipinski definition) is 0. The Morgan fingerprint density at radius 1 is 1.43 bits per heavy atom. The van der Waals surface area contributed by atoms with Gasteiger partial charge in [0.2, 0.25) is 12.0 Å². The van der Waals surface area contributed by atoms with Crippen LogP contribution in [0.5, 0.6) is 0 Å². The average Bonchev–Trinajstić information content (AvgIpc) is 2.81. The van der Waals surface area contributed by atoms with Gasteiger partial charge in [-0.15, -0.1) is 0 Å². The lowest BCUT2D eigenvalue weighted by molar-refractivity contribution is -0.671. The van der Waals surface area contributed by atoms with E-state index in [0.29, 0.717) is 26.1 Å². The minimum absolute atomic E-state index is 0.232. The highest BCUT2D eigenvalue weighted by Crippen LogP contribution is 2.29. The molecule has 1 aromatic carbocycles. The highest BCUT2D eigenvalue weighted by Gasteiger charge is 2.16. The lowest BCUT2D eigenvalue weighted by atomic mass is 10.2. The van der Waals surface area contributed by atoms with E-state index in [0.717, 1.165) is 0 Å². The molecule has 21 heavy (non-hydrogen) atoms. The maximum atomic E-state index is 13.9. The fourth-order valence-corrected chi connectivity index (χ4v) is 3.06. The Morgan fingerprint density at radius 3 is 2.90 bits per heavy atom. The van der Waals surface area contributed by atoms with Crippen molar-refractivity contribution in [1.82, 2.24) is 9.78 Å². The lowest BCUT2D eigenvalue weighted by Gasteiger charge is -2.07. The second kappa shape index (κ2) is 5.10. The molecule has 0 spiro atoms. The normalized spacial score (nSPS) is 10.8. The first-order valence-electron chi connectivity index (χ1n) is 5.93. The number of benzene rings is 1. The van der Waals surface area contributed by atoms with Crippen LogP contribution in [-0.4, -0.2) is 9.78 Å². The summed E-state index contributed by atoms with van der Waals surface area (Å²) >= 11 is 9.49. The zero-order chi connectivity index (χ0) is 15.1. The van der Waals surface area contributed by atoms with E-state index in [9.17, 15) is 9.65 Å². The highest BCUT2D eigenvalue weighted by atomic mass is 79.9. The number of aromatic nitrogens is 3. The van der Waals surface area contributed by atoms with Crippen molar-refractivity contribution in [2.75, 3.05) is 0 Å². The third-order valence-electron chi connectivity index (χ3n) is 3.01. The topological polar surface area (TPSA) is 45.5 Å². The van der Waals surface area contributed by atoms with Gasteiger partial charge in [0, 0.05) is 10.7 Å². The highest BCUT2D eigenvalue weighted by molar-refractivity contribution is 9.10. The van der Waals surface area contributed by atoms with Gasteiger partial charge < -0.3 is 0 Å². The number of nitrogens with zero attached hydrogens (tertiary/aromatic N) is 4. The summed E-state index contributed by atoms with van der Waals surface area (Å²) in [5.74, 6) is -0.430. The zero-order valence-corrected chi connectivity index (χ0v) is 13.2. The third-order valence-corrected chi connectivity index (χ3v) is 3.75.